The van der Waals surface area contributed by atoms with E-state index in [0.717, 1.165) is 49.8 Å². The summed E-state index contributed by atoms with van der Waals surface area (Å²) in [7, 11) is 0. The van der Waals surface area contributed by atoms with E-state index >= 15 is 0 Å². The summed E-state index contributed by atoms with van der Waals surface area (Å²) in [6, 6.07) is 66.8. The van der Waals surface area contributed by atoms with E-state index in [1.807, 2.05) is 66.7 Å². The van der Waals surface area contributed by atoms with Gasteiger partial charge >= 0.3 is 0 Å². The zero-order chi connectivity index (χ0) is 36.8. The molecule has 0 aliphatic heterocycles. The second-order valence-corrected chi connectivity index (χ2v) is 14.7. The maximum absolute atomic E-state index is 6.57. The third-order valence-electron chi connectivity index (χ3n) is 11.8. The van der Waals surface area contributed by atoms with E-state index in [0.29, 0.717) is 17.5 Å². The van der Waals surface area contributed by atoms with Gasteiger partial charge in [-0.15, -0.1) is 0 Å². The van der Waals surface area contributed by atoms with Gasteiger partial charge in [0.05, 0.1) is 5.41 Å². The number of hydrogen-bond acceptors (Lipinski definition) is 4. The van der Waals surface area contributed by atoms with Crippen LogP contribution in [0.1, 0.15) is 22.3 Å². The minimum Gasteiger partial charge on any atom is -0.456 e. The van der Waals surface area contributed by atoms with Crippen molar-refractivity contribution >= 4 is 21.9 Å². The standard InChI is InChI=1S/C52H31N3O/c1-3-14-32(15-4-1)49-53-50(33-16-5-2-6-17-33)55-51(54-49)35-27-29-46-41(30-35)48-36(21-13-25-47(48)56-46)34-26-28-40-39-20-9-12-24-44(39)52(45(40)31-34)42-22-10-7-18-37(42)38-19-8-11-23-43(38)52/h1-31H. The summed E-state index contributed by atoms with van der Waals surface area (Å²) in [6.45, 7) is 0. The molecule has 1 spiro atoms. The quantitative estimate of drug-likeness (QED) is 0.182. The monoisotopic (exact) mass is 713 g/mol. The van der Waals surface area contributed by atoms with Crippen LogP contribution in [0.4, 0.5) is 0 Å². The minimum atomic E-state index is -0.416. The van der Waals surface area contributed by atoms with Crippen LogP contribution in [-0.4, -0.2) is 15.0 Å². The van der Waals surface area contributed by atoms with Gasteiger partial charge in [0.2, 0.25) is 0 Å². The van der Waals surface area contributed by atoms with Gasteiger partial charge < -0.3 is 4.42 Å². The van der Waals surface area contributed by atoms with E-state index in [2.05, 4.69) is 121 Å². The minimum absolute atomic E-state index is 0.416. The van der Waals surface area contributed by atoms with Gasteiger partial charge in [0, 0.05) is 27.5 Å². The van der Waals surface area contributed by atoms with Crippen molar-refractivity contribution in [2.75, 3.05) is 0 Å². The van der Waals surface area contributed by atoms with Crippen LogP contribution in [0.5, 0.6) is 0 Å². The molecule has 12 rings (SSSR count). The zero-order valence-corrected chi connectivity index (χ0v) is 30.1. The molecule has 0 fully saturated rings. The summed E-state index contributed by atoms with van der Waals surface area (Å²) in [5.74, 6) is 1.88. The van der Waals surface area contributed by atoms with Gasteiger partial charge in [0.1, 0.15) is 11.2 Å². The average Bonchev–Trinajstić information content (AvgIpc) is 3.90. The SMILES string of the molecule is c1ccc(-c2nc(-c3ccccc3)nc(-c3ccc4oc5cccc(-c6ccc7c(c6)C6(c8ccccc8-c8ccccc86)c6ccccc6-7)c5c4c3)n2)cc1. The topological polar surface area (TPSA) is 51.8 Å². The Morgan fingerprint density at radius 2 is 0.804 bits per heavy atom. The van der Waals surface area contributed by atoms with E-state index in [4.69, 9.17) is 19.4 Å². The van der Waals surface area contributed by atoms with Crippen LogP contribution in [0.25, 0.3) is 89.5 Å². The molecule has 2 heterocycles. The lowest BCUT2D eigenvalue weighted by Crippen LogP contribution is -2.25. The lowest BCUT2D eigenvalue weighted by Gasteiger charge is -2.30. The first-order chi connectivity index (χ1) is 27.8. The van der Waals surface area contributed by atoms with Crippen LogP contribution in [0.15, 0.2) is 192 Å². The molecule has 4 heteroatoms. The molecule has 0 saturated carbocycles. The molecule has 0 amide bonds. The van der Waals surface area contributed by atoms with Crippen LogP contribution < -0.4 is 0 Å². The molecular weight excluding hydrogens is 683 g/mol. The van der Waals surface area contributed by atoms with Gasteiger partial charge in [-0.25, -0.2) is 15.0 Å². The number of furan rings is 1. The van der Waals surface area contributed by atoms with Crippen molar-refractivity contribution in [3.05, 3.63) is 210 Å². The molecule has 0 bridgehead atoms. The van der Waals surface area contributed by atoms with Gasteiger partial charge in [0.15, 0.2) is 17.5 Å². The number of rotatable bonds is 4. The first-order valence-electron chi connectivity index (χ1n) is 19.0. The van der Waals surface area contributed by atoms with Crippen LogP contribution in [0.2, 0.25) is 0 Å². The molecule has 4 nitrogen and oxygen atoms in total. The van der Waals surface area contributed by atoms with Crippen LogP contribution in [0.3, 0.4) is 0 Å². The van der Waals surface area contributed by atoms with E-state index in [9.17, 15) is 0 Å². The predicted molar refractivity (Wildman–Crippen MR) is 225 cm³/mol. The molecule has 56 heavy (non-hydrogen) atoms. The summed E-state index contributed by atoms with van der Waals surface area (Å²) < 4.78 is 6.57. The van der Waals surface area contributed by atoms with Gasteiger partial charge in [-0.2, -0.15) is 0 Å². The third kappa shape index (κ3) is 4.32. The van der Waals surface area contributed by atoms with Crippen molar-refractivity contribution in [3.63, 3.8) is 0 Å². The van der Waals surface area contributed by atoms with Gasteiger partial charge in [-0.05, 0) is 86.0 Å². The number of benzene rings is 8. The largest absolute Gasteiger partial charge is 0.456 e. The highest BCUT2D eigenvalue weighted by Crippen LogP contribution is 2.63. The van der Waals surface area contributed by atoms with E-state index in [1.165, 1.54) is 44.5 Å². The Bertz CT molecular complexity index is 3080. The average molecular weight is 714 g/mol. The molecule has 10 aromatic rings. The Kier molecular flexibility index (Phi) is 6.52. The maximum atomic E-state index is 6.57. The molecule has 0 atom stereocenters. The molecule has 2 aliphatic rings. The molecule has 0 saturated heterocycles. The molecule has 0 N–H and O–H groups in total. The molecule has 2 aliphatic carbocycles. The van der Waals surface area contributed by atoms with Gasteiger partial charge in [-0.1, -0.05) is 158 Å². The molecule has 0 radical (unpaired) electrons. The van der Waals surface area contributed by atoms with Crippen molar-refractivity contribution < 1.29 is 4.42 Å². The van der Waals surface area contributed by atoms with Crippen LogP contribution >= 0.6 is 0 Å². The second kappa shape index (κ2) is 11.8. The predicted octanol–water partition coefficient (Wildman–Crippen LogP) is 12.8. The Balaban J connectivity index is 1.07. The fraction of sp³-hybridized carbons (Fsp3) is 0.0192. The van der Waals surface area contributed by atoms with Crippen molar-refractivity contribution in [3.8, 4) is 67.5 Å². The Hall–Kier alpha value is -7.43. The van der Waals surface area contributed by atoms with Crippen LogP contribution in [-0.2, 0) is 5.41 Å². The second-order valence-electron chi connectivity index (χ2n) is 14.7. The van der Waals surface area contributed by atoms with E-state index < -0.39 is 5.41 Å². The van der Waals surface area contributed by atoms with Crippen molar-refractivity contribution in [2.24, 2.45) is 0 Å². The van der Waals surface area contributed by atoms with Gasteiger partial charge in [-0.3, -0.25) is 0 Å². The molecule has 2 aromatic heterocycles. The highest BCUT2D eigenvalue weighted by atomic mass is 16.3. The van der Waals surface area contributed by atoms with Crippen molar-refractivity contribution in [2.45, 2.75) is 5.41 Å². The molecule has 8 aromatic carbocycles. The zero-order valence-electron chi connectivity index (χ0n) is 30.1. The third-order valence-corrected chi connectivity index (χ3v) is 11.8. The number of fused-ring (bicyclic) bond motifs is 13. The fourth-order valence-corrected chi connectivity index (χ4v) is 9.41. The Labute approximate surface area is 323 Å². The normalized spacial score (nSPS) is 13.1. The molecule has 0 unspecified atom stereocenters. The van der Waals surface area contributed by atoms with Gasteiger partial charge in [0.25, 0.3) is 0 Å². The fourth-order valence-electron chi connectivity index (χ4n) is 9.41. The number of aromatic nitrogens is 3. The summed E-state index contributed by atoms with van der Waals surface area (Å²) in [6.07, 6.45) is 0. The lowest BCUT2D eigenvalue weighted by atomic mass is 9.70. The summed E-state index contributed by atoms with van der Waals surface area (Å²) in [4.78, 5) is 15.0. The van der Waals surface area contributed by atoms with Crippen LogP contribution in [0, 0.1) is 0 Å². The maximum Gasteiger partial charge on any atom is 0.164 e. The Morgan fingerprint density at radius 1 is 0.321 bits per heavy atom. The lowest BCUT2D eigenvalue weighted by molar-refractivity contribution is 0.669. The van der Waals surface area contributed by atoms with Crippen molar-refractivity contribution in [1.82, 2.24) is 15.0 Å². The molecule has 260 valence electrons. The first-order valence-corrected chi connectivity index (χ1v) is 19.0. The van der Waals surface area contributed by atoms with E-state index in [1.54, 1.807) is 0 Å². The number of hydrogen-bond donors (Lipinski definition) is 0. The number of nitrogens with zero attached hydrogens (tertiary/aromatic N) is 3. The van der Waals surface area contributed by atoms with Crippen molar-refractivity contribution in [1.29, 1.82) is 0 Å². The van der Waals surface area contributed by atoms with E-state index in [-0.39, 0.29) is 0 Å². The summed E-state index contributed by atoms with van der Waals surface area (Å²) >= 11 is 0. The highest BCUT2D eigenvalue weighted by Gasteiger charge is 2.51. The smallest absolute Gasteiger partial charge is 0.164 e. The summed E-state index contributed by atoms with van der Waals surface area (Å²) in [5.41, 5.74) is 16.8. The molecular formula is C52H31N3O. The Morgan fingerprint density at radius 3 is 1.39 bits per heavy atom. The summed E-state index contributed by atoms with van der Waals surface area (Å²) in [5, 5.41) is 2.09. The first kappa shape index (κ1) is 31.0. The highest BCUT2D eigenvalue weighted by molar-refractivity contribution is 6.13.